The molecule has 0 bridgehead atoms. The van der Waals surface area contributed by atoms with Crippen LogP contribution in [0.2, 0.25) is 0 Å². The van der Waals surface area contributed by atoms with Gasteiger partial charge in [0.15, 0.2) is 0 Å². The Kier molecular flexibility index (Phi) is 4.00. The van der Waals surface area contributed by atoms with Gasteiger partial charge in [0.1, 0.15) is 0 Å². The lowest BCUT2D eigenvalue weighted by molar-refractivity contribution is 0.350. The lowest BCUT2D eigenvalue weighted by Crippen LogP contribution is -2.30. The quantitative estimate of drug-likeness (QED) is 0.895. The van der Waals surface area contributed by atoms with Gasteiger partial charge >= 0.3 is 0 Å². The maximum Gasteiger partial charge on any atom is 0.229 e. The van der Waals surface area contributed by atoms with Gasteiger partial charge in [0.25, 0.3) is 0 Å². The van der Waals surface area contributed by atoms with Gasteiger partial charge in [-0.3, -0.25) is 4.72 Å². The van der Waals surface area contributed by atoms with E-state index in [1.807, 2.05) is 25.1 Å². The Labute approximate surface area is 122 Å². The van der Waals surface area contributed by atoms with Gasteiger partial charge in [0.05, 0.1) is 11.9 Å². The van der Waals surface area contributed by atoms with E-state index in [9.17, 15) is 8.42 Å². The van der Waals surface area contributed by atoms with Crippen LogP contribution in [0.15, 0.2) is 18.2 Å². The number of sulfonamides is 1. The molecule has 4 nitrogen and oxygen atoms in total. The largest absolute Gasteiger partial charge is 0.382 e. The zero-order valence-corrected chi connectivity index (χ0v) is 13.5. The molecule has 1 aliphatic carbocycles. The molecular weight excluding hydrogens is 272 g/mol. The van der Waals surface area contributed by atoms with Crippen LogP contribution in [0.4, 0.5) is 11.4 Å². The van der Waals surface area contributed by atoms with E-state index in [0.29, 0.717) is 17.1 Å². The molecule has 1 unspecified atom stereocenters. The van der Waals surface area contributed by atoms with Gasteiger partial charge in [-0.25, -0.2) is 8.42 Å². The van der Waals surface area contributed by atoms with Crippen LogP contribution < -0.4 is 10.0 Å². The molecule has 5 heteroatoms. The van der Waals surface area contributed by atoms with Crippen molar-refractivity contribution >= 4 is 21.4 Å². The van der Waals surface area contributed by atoms with Gasteiger partial charge < -0.3 is 5.32 Å². The second-order valence-corrected chi connectivity index (χ2v) is 8.23. The third-order valence-electron chi connectivity index (χ3n) is 4.12. The number of aryl methyl sites for hydroxylation is 1. The van der Waals surface area contributed by atoms with E-state index in [1.54, 1.807) is 0 Å². The fraction of sp³-hybridized carbons (Fsp3) is 0.600. The molecule has 20 heavy (non-hydrogen) atoms. The molecule has 0 amide bonds. The summed E-state index contributed by atoms with van der Waals surface area (Å²) in [5, 5.41) is 3.58. The van der Waals surface area contributed by atoms with Crippen molar-refractivity contribution in [1.82, 2.24) is 0 Å². The average molecular weight is 296 g/mol. The van der Waals surface area contributed by atoms with Crippen LogP contribution in [0, 0.1) is 12.3 Å². The monoisotopic (exact) mass is 296 g/mol. The third-order valence-corrected chi connectivity index (χ3v) is 4.71. The summed E-state index contributed by atoms with van der Waals surface area (Å²) in [6.45, 7) is 6.51. The Hall–Kier alpha value is -1.23. The Morgan fingerprint density at radius 2 is 2.00 bits per heavy atom. The minimum absolute atomic E-state index is 0.317. The van der Waals surface area contributed by atoms with Crippen LogP contribution in [0.1, 0.15) is 38.7 Å². The lowest BCUT2D eigenvalue weighted by Gasteiger charge is -2.29. The molecule has 1 atom stereocenters. The van der Waals surface area contributed by atoms with Crippen molar-refractivity contribution < 1.29 is 8.42 Å². The van der Waals surface area contributed by atoms with Crippen LogP contribution in [0.25, 0.3) is 0 Å². The summed E-state index contributed by atoms with van der Waals surface area (Å²) in [6, 6.07) is 6.24. The van der Waals surface area contributed by atoms with Gasteiger partial charge in [-0.1, -0.05) is 20.3 Å². The summed E-state index contributed by atoms with van der Waals surface area (Å²) in [5.74, 6) is 0. The molecule has 0 spiro atoms. The van der Waals surface area contributed by atoms with E-state index in [1.165, 1.54) is 25.5 Å². The smallest absolute Gasteiger partial charge is 0.229 e. The van der Waals surface area contributed by atoms with Gasteiger partial charge in [0, 0.05) is 11.7 Å². The van der Waals surface area contributed by atoms with Crippen LogP contribution in [0.5, 0.6) is 0 Å². The summed E-state index contributed by atoms with van der Waals surface area (Å²) in [5.41, 5.74) is 2.94. The molecule has 1 saturated carbocycles. The van der Waals surface area contributed by atoms with Crippen LogP contribution >= 0.6 is 0 Å². The van der Waals surface area contributed by atoms with Gasteiger partial charge in [-0.2, -0.15) is 0 Å². The van der Waals surface area contributed by atoms with Crippen molar-refractivity contribution in [2.24, 2.45) is 5.41 Å². The molecule has 0 saturated heterocycles. The molecule has 0 heterocycles. The average Bonchev–Trinajstić information content (AvgIpc) is 2.61. The number of benzene rings is 1. The second kappa shape index (κ2) is 5.28. The van der Waals surface area contributed by atoms with E-state index in [4.69, 9.17) is 0 Å². The molecular formula is C15H24N2O2S. The topological polar surface area (TPSA) is 58.2 Å². The van der Waals surface area contributed by atoms with Crippen LogP contribution in [-0.4, -0.2) is 20.7 Å². The van der Waals surface area contributed by atoms with E-state index in [-0.39, 0.29) is 0 Å². The van der Waals surface area contributed by atoms with Crippen molar-refractivity contribution in [2.75, 3.05) is 16.3 Å². The highest BCUT2D eigenvalue weighted by molar-refractivity contribution is 7.92. The van der Waals surface area contributed by atoms with Gasteiger partial charge in [-0.05, 0) is 48.9 Å². The molecule has 0 aromatic heterocycles. The summed E-state index contributed by atoms with van der Waals surface area (Å²) in [6.07, 6.45) is 4.86. The first-order chi connectivity index (χ1) is 9.17. The van der Waals surface area contributed by atoms with E-state index in [2.05, 4.69) is 23.9 Å². The molecule has 112 valence electrons. The molecule has 2 N–H and O–H groups in total. The van der Waals surface area contributed by atoms with E-state index < -0.39 is 10.0 Å². The van der Waals surface area contributed by atoms with Crippen molar-refractivity contribution in [3.63, 3.8) is 0 Å². The number of rotatable bonds is 4. The highest BCUT2D eigenvalue weighted by Crippen LogP contribution is 2.39. The van der Waals surface area contributed by atoms with Gasteiger partial charge in [0.2, 0.25) is 10.0 Å². The standard InChI is InChI=1S/C15H24N2O2S/c1-11-10-12(7-8-13(11)17-20(4,18)19)16-14-6-5-9-15(14,2)3/h7-8,10,14,16-17H,5-6,9H2,1-4H3. The Morgan fingerprint density at radius 1 is 1.30 bits per heavy atom. The first kappa shape index (κ1) is 15.2. The minimum Gasteiger partial charge on any atom is -0.382 e. The van der Waals surface area contributed by atoms with Crippen LogP contribution in [-0.2, 0) is 10.0 Å². The Morgan fingerprint density at radius 3 is 2.50 bits per heavy atom. The first-order valence-electron chi connectivity index (χ1n) is 7.02. The van der Waals surface area contributed by atoms with Crippen molar-refractivity contribution in [1.29, 1.82) is 0 Å². The summed E-state index contributed by atoms with van der Waals surface area (Å²) in [4.78, 5) is 0. The molecule has 2 rings (SSSR count). The lowest BCUT2D eigenvalue weighted by atomic mass is 9.87. The molecule has 1 aromatic rings. The van der Waals surface area contributed by atoms with Crippen molar-refractivity contribution in [3.8, 4) is 0 Å². The number of hydrogen-bond donors (Lipinski definition) is 2. The van der Waals surface area contributed by atoms with E-state index >= 15 is 0 Å². The first-order valence-corrected chi connectivity index (χ1v) is 8.91. The zero-order valence-electron chi connectivity index (χ0n) is 12.7. The van der Waals surface area contributed by atoms with Crippen LogP contribution in [0.3, 0.4) is 0 Å². The minimum atomic E-state index is -3.22. The predicted molar refractivity (Wildman–Crippen MR) is 84.7 cm³/mol. The highest BCUT2D eigenvalue weighted by atomic mass is 32.2. The molecule has 1 aromatic carbocycles. The number of anilines is 2. The third kappa shape index (κ3) is 3.66. The number of hydrogen-bond acceptors (Lipinski definition) is 3. The zero-order chi connectivity index (χ0) is 15.0. The normalized spacial score (nSPS) is 21.7. The molecule has 0 aliphatic heterocycles. The highest BCUT2D eigenvalue weighted by Gasteiger charge is 2.34. The summed E-state index contributed by atoms with van der Waals surface area (Å²) >= 11 is 0. The van der Waals surface area contributed by atoms with Crippen molar-refractivity contribution in [3.05, 3.63) is 23.8 Å². The summed E-state index contributed by atoms with van der Waals surface area (Å²) in [7, 11) is -3.22. The number of nitrogens with one attached hydrogen (secondary N) is 2. The fourth-order valence-corrected chi connectivity index (χ4v) is 3.49. The predicted octanol–water partition coefficient (Wildman–Crippen LogP) is 3.36. The molecule has 0 radical (unpaired) electrons. The van der Waals surface area contributed by atoms with E-state index in [0.717, 1.165) is 11.3 Å². The fourth-order valence-electron chi connectivity index (χ4n) is 2.86. The van der Waals surface area contributed by atoms with Gasteiger partial charge in [-0.15, -0.1) is 0 Å². The maximum atomic E-state index is 11.3. The maximum absolute atomic E-state index is 11.3. The SMILES string of the molecule is Cc1cc(NC2CCCC2(C)C)ccc1NS(C)(=O)=O. The molecule has 1 aliphatic rings. The Bertz CT molecular complexity index is 594. The van der Waals surface area contributed by atoms with Crippen molar-refractivity contribution in [2.45, 2.75) is 46.1 Å². The molecule has 1 fully saturated rings. The Balaban J connectivity index is 2.13. The summed E-state index contributed by atoms with van der Waals surface area (Å²) < 4.78 is 25.1. The second-order valence-electron chi connectivity index (χ2n) is 6.48.